The normalized spacial score (nSPS) is 11.7. The van der Waals surface area contributed by atoms with Crippen molar-refractivity contribution in [3.63, 3.8) is 0 Å². The highest BCUT2D eigenvalue weighted by atomic mass is 32.2. The molecule has 0 amide bonds. The largest absolute Gasteiger partial charge is 0.416 e. The third-order valence-electron chi connectivity index (χ3n) is 2.26. The highest BCUT2D eigenvalue weighted by molar-refractivity contribution is 7.99. The van der Waals surface area contributed by atoms with E-state index in [0.29, 0.717) is 23.9 Å². The maximum absolute atomic E-state index is 13.4. The summed E-state index contributed by atoms with van der Waals surface area (Å²) in [6.45, 7) is 0. The Hall–Kier alpha value is -1.83. The molecule has 0 atom stereocenters. The van der Waals surface area contributed by atoms with E-state index in [9.17, 15) is 22.0 Å². The van der Waals surface area contributed by atoms with Crippen LogP contribution in [0.2, 0.25) is 0 Å². The zero-order chi connectivity index (χ0) is 14.9. The molecule has 0 bridgehead atoms. The molecule has 0 aliphatic carbocycles. The maximum Gasteiger partial charge on any atom is 0.416 e. The summed E-state index contributed by atoms with van der Waals surface area (Å²) in [5, 5.41) is -0.122. The molecular formula is C12H7F5N2S. The van der Waals surface area contributed by atoms with Gasteiger partial charge < -0.3 is 5.73 Å². The number of alkyl halides is 3. The van der Waals surface area contributed by atoms with E-state index in [-0.39, 0.29) is 15.7 Å². The van der Waals surface area contributed by atoms with Gasteiger partial charge in [0.05, 0.1) is 5.56 Å². The predicted molar refractivity (Wildman–Crippen MR) is 64.1 cm³/mol. The van der Waals surface area contributed by atoms with E-state index in [1.165, 1.54) is 0 Å². The summed E-state index contributed by atoms with van der Waals surface area (Å²) in [5.74, 6) is -1.99. The molecule has 20 heavy (non-hydrogen) atoms. The van der Waals surface area contributed by atoms with Crippen molar-refractivity contribution in [1.29, 1.82) is 0 Å². The fourth-order valence-corrected chi connectivity index (χ4v) is 2.27. The van der Waals surface area contributed by atoms with Crippen LogP contribution in [0.25, 0.3) is 0 Å². The van der Waals surface area contributed by atoms with Gasteiger partial charge in [-0.15, -0.1) is 0 Å². The fraction of sp³-hybridized carbons (Fsp3) is 0.0833. The van der Waals surface area contributed by atoms with Crippen molar-refractivity contribution in [2.75, 3.05) is 5.73 Å². The van der Waals surface area contributed by atoms with Gasteiger partial charge in [-0.05, 0) is 24.3 Å². The molecule has 0 spiro atoms. The smallest absolute Gasteiger partial charge is 0.384 e. The number of hydrogen-bond donors (Lipinski definition) is 1. The Labute approximate surface area is 114 Å². The number of nitrogens with two attached hydrogens (primary N) is 1. The number of aromatic nitrogens is 1. The molecule has 106 valence electrons. The van der Waals surface area contributed by atoms with Crippen LogP contribution in [-0.4, -0.2) is 4.98 Å². The number of halogens is 5. The van der Waals surface area contributed by atoms with Gasteiger partial charge in [0, 0.05) is 11.0 Å². The van der Waals surface area contributed by atoms with E-state index in [4.69, 9.17) is 5.73 Å². The summed E-state index contributed by atoms with van der Waals surface area (Å²) in [7, 11) is 0. The van der Waals surface area contributed by atoms with Crippen molar-refractivity contribution in [2.45, 2.75) is 16.1 Å². The van der Waals surface area contributed by atoms with E-state index in [1.807, 2.05) is 0 Å². The lowest BCUT2D eigenvalue weighted by molar-refractivity contribution is -0.137. The SMILES string of the molecule is Nc1cc(C(F)(F)F)cc(Sc2ccc(F)cc2F)n1. The predicted octanol–water partition coefficient (Wildman–Crippen LogP) is 4.11. The standard InChI is InChI=1S/C12H7F5N2S/c13-7-1-2-9(8(14)5-7)20-11-4-6(12(15,16)17)3-10(18)19-11/h1-5H,(H2,18,19). The zero-order valence-electron chi connectivity index (χ0n) is 9.71. The van der Waals surface area contributed by atoms with Crippen LogP contribution in [0.3, 0.4) is 0 Å². The molecule has 1 aromatic heterocycles. The van der Waals surface area contributed by atoms with Gasteiger partial charge in [0.2, 0.25) is 0 Å². The minimum absolute atomic E-state index is 0.0439. The molecular weight excluding hydrogens is 299 g/mol. The molecule has 2 N–H and O–H groups in total. The number of anilines is 1. The Kier molecular flexibility index (Phi) is 3.85. The van der Waals surface area contributed by atoms with E-state index in [0.717, 1.165) is 18.2 Å². The van der Waals surface area contributed by atoms with Crippen LogP contribution in [0.4, 0.5) is 27.8 Å². The maximum atomic E-state index is 13.4. The Balaban J connectivity index is 2.36. The van der Waals surface area contributed by atoms with Crippen LogP contribution < -0.4 is 5.73 Å². The van der Waals surface area contributed by atoms with Crippen molar-refractivity contribution in [2.24, 2.45) is 0 Å². The average Bonchev–Trinajstić information content (AvgIpc) is 2.31. The molecule has 1 aromatic carbocycles. The molecule has 0 fully saturated rings. The Bertz CT molecular complexity index is 642. The molecule has 0 saturated heterocycles. The highest BCUT2D eigenvalue weighted by Crippen LogP contribution is 2.35. The molecule has 0 aliphatic heterocycles. The third kappa shape index (κ3) is 3.38. The summed E-state index contributed by atoms with van der Waals surface area (Å²) in [6.07, 6.45) is -4.58. The third-order valence-corrected chi connectivity index (χ3v) is 3.23. The number of hydrogen-bond acceptors (Lipinski definition) is 3. The van der Waals surface area contributed by atoms with Crippen LogP contribution in [0.5, 0.6) is 0 Å². The van der Waals surface area contributed by atoms with Gasteiger partial charge in [-0.25, -0.2) is 13.8 Å². The van der Waals surface area contributed by atoms with Crippen LogP contribution >= 0.6 is 11.8 Å². The van der Waals surface area contributed by atoms with Crippen LogP contribution in [-0.2, 0) is 6.18 Å². The fourth-order valence-electron chi connectivity index (χ4n) is 1.41. The number of pyridine rings is 1. The molecule has 2 nitrogen and oxygen atoms in total. The van der Waals surface area contributed by atoms with Gasteiger partial charge in [-0.1, -0.05) is 11.8 Å². The molecule has 0 saturated carbocycles. The van der Waals surface area contributed by atoms with Crippen molar-refractivity contribution in [3.8, 4) is 0 Å². The lowest BCUT2D eigenvalue weighted by Gasteiger charge is -2.09. The molecule has 1 heterocycles. The Morgan fingerprint density at radius 3 is 2.35 bits per heavy atom. The topological polar surface area (TPSA) is 38.9 Å². The van der Waals surface area contributed by atoms with Crippen molar-refractivity contribution in [3.05, 3.63) is 47.5 Å². The number of nitrogens with zero attached hydrogens (tertiary/aromatic N) is 1. The lowest BCUT2D eigenvalue weighted by atomic mass is 10.2. The molecule has 2 aromatic rings. The van der Waals surface area contributed by atoms with Gasteiger partial charge in [-0.3, -0.25) is 0 Å². The number of rotatable bonds is 2. The van der Waals surface area contributed by atoms with Gasteiger partial charge >= 0.3 is 6.18 Å². The average molecular weight is 306 g/mol. The molecule has 0 aliphatic rings. The summed E-state index contributed by atoms with van der Waals surface area (Å²) in [5.41, 5.74) is 4.32. The van der Waals surface area contributed by atoms with Gasteiger partial charge in [0.25, 0.3) is 0 Å². The van der Waals surface area contributed by atoms with E-state index in [2.05, 4.69) is 4.98 Å². The van der Waals surface area contributed by atoms with E-state index in [1.54, 1.807) is 0 Å². The number of nitrogen functional groups attached to an aromatic ring is 1. The van der Waals surface area contributed by atoms with Crippen molar-refractivity contribution < 1.29 is 22.0 Å². The molecule has 0 radical (unpaired) electrons. The quantitative estimate of drug-likeness (QED) is 0.849. The van der Waals surface area contributed by atoms with E-state index < -0.39 is 23.4 Å². The summed E-state index contributed by atoms with van der Waals surface area (Å²) >= 11 is 0.635. The van der Waals surface area contributed by atoms with E-state index >= 15 is 0 Å². The second-order valence-electron chi connectivity index (χ2n) is 3.79. The minimum Gasteiger partial charge on any atom is -0.384 e. The molecule has 0 unspecified atom stereocenters. The summed E-state index contributed by atoms with van der Waals surface area (Å²) < 4.78 is 64.0. The zero-order valence-corrected chi connectivity index (χ0v) is 10.5. The van der Waals surface area contributed by atoms with Gasteiger partial charge in [-0.2, -0.15) is 13.2 Å². The Morgan fingerprint density at radius 1 is 1.05 bits per heavy atom. The first-order valence-electron chi connectivity index (χ1n) is 5.23. The monoisotopic (exact) mass is 306 g/mol. The minimum atomic E-state index is -4.58. The summed E-state index contributed by atoms with van der Waals surface area (Å²) in [4.78, 5) is 3.64. The van der Waals surface area contributed by atoms with Gasteiger partial charge in [0.1, 0.15) is 22.5 Å². The van der Waals surface area contributed by atoms with Crippen molar-refractivity contribution >= 4 is 17.6 Å². The second kappa shape index (κ2) is 5.28. The van der Waals surface area contributed by atoms with Crippen LogP contribution in [0.1, 0.15) is 5.56 Å². The van der Waals surface area contributed by atoms with Crippen LogP contribution in [0, 0.1) is 11.6 Å². The second-order valence-corrected chi connectivity index (χ2v) is 4.86. The first-order valence-corrected chi connectivity index (χ1v) is 6.05. The first kappa shape index (κ1) is 14.6. The van der Waals surface area contributed by atoms with Crippen LogP contribution in [0.15, 0.2) is 40.3 Å². The van der Waals surface area contributed by atoms with Gasteiger partial charge in [0.15, 0.2) is 0 Å². The first-order chi connectivity index (χ1) is 9.25. The summed E-state index contributed by atoms with van der Waals surface area (Å²) in [6, 6.07) is 4.20. The van der Waals surface area contributed by atoms with Crippen molar-refractivity contribution in [1.82, 2.24) is 4.98 Å². The Morgan fingerprint density at radius 2 is 1.75 bits per heavy atom. The molecule has 8 heteroatoms. The lowest BCUT2D eigenvalue weighted by Crippen LogP contribution is -2.07. The number of benzene rings is 1. The molecule has 2 rings (SSSR count). The highest BCUT2D eigenvalue weighted by Gasteiger charge is 2.31.